The van der Waals surface area contributed by atoms with E-state index in [-0.39, 0.29) is 5.54 Å². The van der Waals surface area contributed by atoms with E-state index < -0.39 is 0 Å². The molecule has 1 aromatic rings. The average molecular weight is 238 g/mol. The van der Waals surface area contributed by atoms with Crippen LogP contribution in [0.15, 0.2) is 0 Å². The maximum absolute atomic E-state index is 4.19. The summed E-state index contributed by atoms with van der Waals surface area (Å²) in [7, 11) is 0. The molecule has 2 heterocycles. The third kappa shape index (κ3) is 3.25. The molecule has 0 aliphatic carbocycles. The molecular weight excluding hydrogens is 214 g/mol. The first-order valence-corrected chi connectivity index (χ1v) is 6.69. The second-order valence-corrected chi connectivity index (χ2v) is 6.02. The molecule has 1 aromatic heterocycles. The highest BCUT2D eigenvalue weighted by Crippen LogP contribution is 2.12. The van der Waals surface area contributed by atoms with E-state index >= 15 is 0 Å². The number of quaternary nitrogens is 1. The summed E-state index contributed by atoms with van der Waals surface area (Å²) in [5.41, 5.74) is -0.0237. The van der Waals surface area contributed by atoms with Gasteiger partial charge in [-0.25, -0.2) is 4.68 Å². The standard InChI is InChI=1S/C12H23N5/c1-12(2,3)17-11(13-14-15-17)10-16-8-6-4-5-7-9-16/h4-10H2,1-3H3/p+1. The van der Waals surface area contributed by atoms with E-state index in [1.54, 1.807) is 4.90 Å². The van der Waals surface area contributed by atoms with Crippen molar-refractivity contribution in [3.05, 3.63) is 5.82 Å². The first-order chi connectivity index (χ1) is 8.07. The molecule has 5 heteroatoms. The Morgan fingerprint density at radius 1 is 1.12 bits per heavy atom. The van der Waals surface area contributed by atoms with Gasteiger partial charge in [-0.2, -0.15) is 0 Å². The van der Waals surface area contributed by atoms with Crippen molar-refractivity contribution in [3.8, 4) is 0 Å². The van der Waals surface area contributed by atoms with Crippen LogP contribution in [0.3, 0.4) is 0 Å². The van der Waals surface area contributed by atoms with E-state index in [2.05, 4.69) is 36.3 Å². The Morgan fingerprint density at radius 2 is 1.76 bits per heavy atom. The van der Waals surface area contributed by atoms with Crippen molar-refractivity contribution in [2.75, 3.05) is 13.1 Å². The SMILES string of the molecule is CC(C)(C)n1nnnc1C[NH+]1CCCCCC1. The minimum atomic E-state index is -0.0237. The Hall–Kier alpha value is -0.970. The van der Waals surface area contributed by atoms with Crippen molar-refractivity contribution in [3.63, 3.8) is 0 Å². The van der Waals surface area contributed by atoms with E-state index in [1.165, 1.54) is 38.8 Å². The van der Waals surface area contributed by atoms with Gasteiger partial charge in [-0.1, -0.05) is 0 Å². The average Bonchev–Trinajstić information content (AvgIpc) is 2.55. The zero-order valence-electron chi connectivity index (χ0n) is 11.2. The molecule has 2 rings (SSSR count). The highest BCUT2D eigenvalue weighted by Gasteiger charge is 2.23. The largest absolute Gasteiger partial charge is 0.329 e. The molecule has 0 unspecified atom stereocenters. The van der Waals surface area contributed by atoms with E-state index in [4.69, 9.17) is 0 Å². The first-order valence-electron chi connectivity index (χ1n) is 6.69. The number of hydrogen-bond donors (Lipinski definition) is 1. The van der Waals surface area contributed by atoms with E-state index in [0.717, 1.165) is 12.4 Å². The highest BCUT2D eigenvalue weighted by atomic mass is 15.6. The fraction of sp³-hybridized carbons (Fsp3) is 0.917. The number of hydrogen-bond acceptors (Lipinski definition) is 3. The van der Waals surface area contributed by atoms with Crippen molar-refractivity contribution in [1.82, 2.24) is 20.2 Å². The fourth-order valence-corrected chi connectivity index (χ4v) is 2.47. The number of likely N-dealkylation sites (tertiary alicyclic amines) is 1. The van der Waals surface area contributed by atoms with Crippen molar-refractivity contribution in [2.45, 2.75) is 58.5 Å². The minimum Gasteiger partial charge on any atom is -0.329 e. The Morgan fingerprint density at radius 3 is 2.35 bits per heavy atom. The molecule has 17 heavy (non-hydrogen) atoms. The molecule has 5 nitrogen and oxygen atoms in total. The molecule has 0 radical (unpaired) electrons. The minimum absolute atomic E-state index is 0.0237. The molecular formula is C12H24N5+. The van der Waals surface area contributed by atoms with Gasteiger partial charge in [0.15, 0.2) is 0 Å². The maximum Gasteiger partial charge on any atom is 0.206 e. The number of tetrazole rings is 1. The van der Waals surface area contributed by atoms with Crippen LogP contribution in [0.25, 0.3) is 0 Å². The summed E-state index contributed by atoms with van der Waals surface area (Å²) >= 11 is 0. The van der Waals surface area contributed by atoms with Crippen LogP contribution < -0.4 is 4.90 Å². The topological polar surface area (TPSA) is 48.0 Å². The van der Waals surface area contributed by atoms with Gasteiger partial charge in [-0.3, -0.25) is 0 Å². The second-order valence-electron chi connectivity index (χ2n) is 6.02. The van der Waals surface area contributed by atoms with Gasteiger partial charge < -0.3 is 4.90 Å². The molecule has 0 aromatic carbocycles. The summed E-state index contributed by atoms with van der Waals surface area (Å²) in [6.45, 7) is 9.91. The molecule has 96 valence electrons. The van der Waals surface area contributed by atoms with Crippen molar-refractivity contribution in [1.29, 1.82) is 0 Å². The van der Waals surface area contributed by atoms with Gasteiger partial charge in [0, 0.05) is 0 Å². The van der Waals surface area contributed by atoms with Crippen LogP contribution in [0.5, 0.6) is 0 Å². The lowest BCUT2D eigenvalue weighted by Crippen LogP contribution is -3.10. The van der Waals surface area contributed by atoms with Crippen LogP contribution in [0, 0.1) is 0 Å². The Kier molecular flexibility index (Phi) is 3.76. The van der Waals surface area contributed by atoms with Gasteiger partial charge in [0.1, 0.15) is 6.54 Å². The van der Waals surface area contributed by atoms with E-state index in [0.29, 0.717) is 0 Å². The van der Waals surface area contributed by atoms with Crippen LogP contribution in [0.4, 0.5) is 0 Å². The van der Waals surface area contributed by atoms with Gasteiger partial charge in [-0.05, 0) is 56.9 Å². The van der Waals surface area contributed by atoms with Crippen LogP contribution in [-0.4, -0.2) is 33.3 Å². The van der Waals surface area contributed by atoms with Gasteiger partial charge >= 0.3 is 0 Å². The van der Waals surface area contributed by atoms with Crippen LogP contribution in [-0.2, 0) is 12.1 Å². The molecule has 0 saturated carbocycles. The molecule has 0 bridgehead atoms. The zero-order valence-corrected chi connectivity index (χ0v) is 11.2. The van der Waals surface area contributed by atoms with Gasteiger partial charge in [0.05, 0.1) is 18.6 Å². The van der Waals surface area contributed by atoms with Crippen LogP contribution >= 0.6 is 0 Å². The van der Waals surface area contributed by atoms with E-state index in [9.17, 15) is 0 Å². The van der Waals surface area contributed by atoms with Gasteiger partial charge in [0.25, 0.3) is 0 Å². The van der Waals surface area contributed by atoms with Crippen molar-refractivity contribution in [2.24, 2.45) is 0 Å². The summed E-state index contributed by atoms with van der Waals surface area (Å²) in [6, 6.07) is 0. The highest BCUT2D eigenvalue weighted by molar-refractivity contribution is 4.84. The smallest absolute Gasteiger partial charge is 0.206 e. The fourth-order valence-electron chi connectivity index (χ4n) is 2.47. The summed E-state index contributed by atoms with van der Waals surface area (Å²) < 4.78 is 1.96. The second kappa shape index (κ2) is 5.12. The van der Waals surface area contributed by atoms with Gasteiger partial charge in [-0.15, -0.1) is 5.10 Å². The number of aromatic nitrogens is 4. The molecule has 1 aliphatic heterocycles. The van der Waals surface area contributed by atoms with Crippen molar-refractivity contribution >= 4 is 0 Å². The molecule has 0 spiro atoms. The normalized spacial score (nSPS) is 19.2. The predicted octanol–water partition coefficient (Wildman–Crippen LogP) is 0.387. The molecule has 0 atom stereocenters. The lowest BCUT2D eigenvalue weighted by atomic mass is 10.1. The third-order valence-corrected chi connectivity index (χ3v) is 3.39. The van der Waals surface area contributed by atoms with E-state index in [1.807, 2.05) is 4.68 Å². The molecule has 0 amide bonds. The lowest BCUT2D eigenvalue weighted by molar-refractivity contribution is -0.913. The summed E-state index contributed by atoms with van der Waals surface area (Å²) in [5, 5.41) is 12.1. The van der Waals surface area contributed by atoms with Crippen LogP contribution in [0.1, 0.15) is 52.3 Å². The Balaban J connectivity index is 2.05. The van der Waals surface area contributed by atoms with Gasteiger partial charge in [0.2, 0.25) is 5.82 Å². The third-order valence-electron chi connectivity index (χ3n) is 3.39. The molecule has 1 aliphatic rings. The first kappa shape index (κ1) is 12.5. The number of nitrogens with one attached hydrogen (secondary N) is 1. The summed E-state index contributed by atoms with van der Waals surface area (Å²) in [5.74, 6) is 1.02. The van der Waals surface area contributed by atoms with Crippen LogP contribution in [0.2, 0.25) is 0 Å². The molecule has 1 N–H and O–H groups in total. The number of nitrogens with zero attached hydrogens (tertiary/aromatic N) is 4. The van der Waals surface area contributed by atoms with Crippen molar-refractivity contribution < 1.29 is 4.90 Å². The Labute approximate surface area is 103 Å². The predicted molar refractivity (Wildman–Crippen MR) is 65.7 cm³/mol. The quantitative estimate of drug-likeness (QED) is 0.810. The maximum atomic E-state index is 4.19. The summed E-state index contributed by atoms with van der Waals surface area (Å²) in [4.78, 5) is 1.63. The zero-order chi connectivity index (χ0) is 12.3. The Bertz CT molecular complexity index is 344. The summed E-state index contributed by atoms with van der Waals surface area (Å²) in [6.07, 6.45) is 5.44. The monoisotopic (exact) mass is 238 g/mol. The number of rotatable bonds is 2. The lowest BCUT2D eigenvalue weighted by Gasteiger charge is -2.22. The molecule has 1 saturated heterocycles. The molecule has 1 fully saturated rings.